The van der Waals surface area contributed by atoms with Gasteiger partial charge in [0.15, 0.2) is 4.90 Å². The second-order valence-electron chi connectivity index (χ2n) is 5.07. The van der Waals surface area contributed by atoms with Gasteiger partial charge in [0.2, 0.25) is 10.0 Å². The fourth-order valence-corrected chi connectivity index (χ4v) is 4.12. The molecule has 1 saturated heterocycles. The maximum absolute atomic E-state index is 12.4. The largest absolute Gasteiger partial charge is 0.315 e. The zero-order chi connectivity index (χ0) is 15.6. The monoisotopic (exact) mass is 377 g/mol. The van der Waals surface area contributed by atoms with Gasteiger partial charge >= 0.3 is 0 Å². The lowest BCUT2D eigenvalue weighted by Crippen LogP contribution is -2.50. The number of benzene rings is 1. The molecule has 0 spiro atoms. The van der Waals surface area contributed by atoms with E-state index in [1.165, 1.54) is 18.2 Å². The average molecular weight is 378 g/mol. The van der Waals surface area contributed by atoms with E-state index in [0.717, 1.165) is 13.0 Å². The first-order chi connectivity index (χ1) is 9.81. The molecule has 0 bridgehead atoms. The van der Waals surface area contributed by atoms with Crippen LogP contribution in [0.2, 0.25) is 0 Å². The van der Waals surface area contributed by atoms with Gasteiger partial charge in [0, 0.05) is 23.1 Å². The maximum Gasteiger partial charge on any atom is 0.290 e. The molecule has 21 heavy (non-hydrogen) atoms. The molecule has 2 atom stereocenters. The number of nitrogens with zero attached hydrogens (tertiary/aromatic N) is 1. The molecule has 1 aliphatic heterocycles. The van der Waals surface area contributed by atoms with E-state index in [2.05, 4.69) is 26.0 Å². The van der Waals surface area contributed by atoms with Gasteiger partial charge in [-0.15, -0.1) is 0 Å². The summed E-state index contributed by atoms with van der Waals surface area (Å²) in [5.41, 5.74) is -0.437. The summed E-state index contributed by atoms with van der Waals surface area (Å²) >= 11 is 3.11. The van der Waals surface area contributed by atoms with Crippen LogP contribution in [0.4, 0.5) is 5.69 Å². The number of nitro groups is 1. The molecule has 2 N–H and O–H groups in total. The lowest BCUT2D eigenvalue weighted by molar-refractivity contribution is -0.387. The molecule has 1 aliphatic rings. The molecule has 1 aromatic carbocycles. The summed E-state index contributed by atoms with van der Waals surface area (Å²) in [6.07, 6.45) is 0.857. The van der Waals surface area contributed by atoms with Crippen molar-refractivity contribution in [3.8, 4) is 0 Å². The maximum atomic E-state index is 12.4. The Morgan fingerprint density at radius 1 is 1.48 bits per heavy atom. The first-order valence-electron chi connectivity index (χ1n) is 6.48. The van der Waals surface area contributed by atoms with Crippen LogP contribution in [0.3, 0.4) is 0 Å². The van der Waals surface area contributed by atoms with Crippen molar-refractivity contribution in [2.75, 3.05) is 13.1 Å². The molecular formula is C12H16BrN3O4S. The van der Waals surface area contributed by atoms with Crippen molar-refractivity contribution >= 4 is 31.6 Å². The molecule has 2 unspecified atom stereocenters. The van der Waals surface area contributed by atoms with Crippen molar-refractivity contribution in [3.05, 3.63) is 32.8 Å². The minimum atomic E-state index is -3.94. The van der Waals surface area contributed by atoms with Crippen molar-refractivity contribution in [3.63, 3.8) is 0 Å². The Morgan fingerprint density at radius 3 is 2.81 bits per heavy atom. The Hall–Kier alpha value is -1.03. The highest BCUT2D eigenvalue weighted by Gasteiger charge is 2.31. The Kier molecular flexibility index (Phi) is 4.97. The van der Waals surface area contributed by atoms with E-state index in [1.54, 1.807) is 0 Å². The molecule has 0 saturated carbocycles. The number of nitro benzene ring substituents is 1. The van der Waals surface area contributed by atoms with Crippen molar-refractivity contribution in [2.24, 2.45) is 5.92 Å². The second-order valence-corrected chi connectivity index (χ2v) is 7.67. The predicted molar refractivity (Wildman–Crippen MR) is 81.6 cm³/mol. The number of halogens is 1. The van der Waals surface area contributed by atoms with Crippen LogP contribution >= 0.6 is 15.9 Å². The quantitative estimate of drug-likeness (QED) is 0.613. The molecule has 1 fully saturated rings. The first-order valence-corrected chi connectivity index (χ1v) is 8.76. The van der Waals surface area contributed by atoms with E-state index in [0.29, 0.717) is 11.0 Å². The number of hydrogen-bond donors (Lipinski definition) is 2. The van der Waals surface area contributed by atoms with Crippen LogP contribution in [-0.4, -0.2) is 32.5 Å². The predicted octanol–water partition coefficient (Wildman–Crippen LogP) is 1.63. The van der Waals surface area contributed by atoms with Gasteiger partial charge in [-0.05, 0) is 31.0 Å². The van der Waals surface area contributed by atoms with Crippen molar-refractivity contribution in [1.29, 1.82) is 0 Å². The Bertz CT molecular complexity index is 650. The molecule has 0 aliphatic carbocycles. The summed E-state index contributed by atoms with van der Waals surface area (Å²) in [4.78, 5) is 10.1. The summed E-state index contributed by atoms with van der Waals surface area (Å²) in [6.45, 7) is 3.33. The SMILES string of the molecule is CC1CCNCC1NS(=O)(=O)c1ccc(Br)cc1[N+](=O)[O-]. The lowest BCUT2D eigenvalue weighted by Gasteiger charge is -2.29. The minimum Gasteiger partial charge on any atom is -0.315 e. The number of nitrogens with one attached hydrogen (secondary N) is 2. The molecular weight excluding hydrogens is 362 g/mol. The molecule has 7 nitrogen and oxygen atoms in total. The van der Waals surface area contributed by atoms with Gasteiger partial charge in [-0.2, -0.15) is 0 Å². The van der Waals surface area contributed by atoms with Crippen molar-refractivity contribution in [2.45, 2.75) is 24.3 Å². The topological polar surface area (TPSA) is 101 Å². The standard InChI is InChI=1S/C12H16BrN3O4S/c1-8-4-5-14-7-10(8)15-21(19,20)12-3-2-9(13)6-11(12)16(17)18/h2-3,6,8,10,14-15H,4-5,7H2,1H3. The van der Waals surface area contributed by atoms with Crippen LogP contribution in [0.5, 0.6) is 0 Å². The van der Waals surface area contributed by atoms with E-state index in [1.807, 2.05) is 6.92 Å². The fraction of sp³-hybridized carbons (Fsp3) is 0.500. The van der Waals surface area contributed by atoms with Gasteiger partial charge < -0.3 is 5.32 Å². The highest BCUT2D eigenvalue weighted by Crippen LogP contribution is 2.28. The summed E-state index contributed by atoms with van der Waals surface area (Å²) in [5, 5.41) is 14.2. The third-order valence-corrected chi connectivity index (χ3v) is 5.57. The normalized spacial score (nSPS) is 23.0. The Morgan fingerprint density at radius 2 is 2.19 bits per heavy atom. The van der Waals surface area contributed by atoms with Gasteiger partial charge in [-0.3, -0.25) is 10.1 Å². The van der Waals surface area contributed by atoms with E-state index in [9.17, 15) is 18.5 Å². The third-order valence-electron chi connectivity index (χ3n) is 3.54. The van der Waals surface area contributed by atoms with Gasteiger partial charge in [-0.25, -0.2) is 13.1 Å². The summed E-state index contributed by atoms with van der Waals surface area (Å²) < 4.78 is 27.9. The Balaban J connectivity index is 2.33. The van der Waals surface area contributed by atoms with Crippen LogP contribution in [0.25, 0.3) is 0 Å². The second kappa shape index (κ2) is 6.39. The highest BCUT2D eigenvalue weighted by atomic mass is 79.9. The molecule has 0 radical (unpaired) electrons. The summed E-state index contributed by atoms with van der Waals surface area (Å²) in [6, 6.07) is 3.64. The number of sulfonamides is 1. The third kappa shape index (κ3) is 3.79. The minimum absolute atomic E-state index is 0.176. The molecule has 0 amide bonds. The Labute approximate surface area is 131 Å². The van der Waals surface area contributed by atoms with Crippen molar-refractivity contribution < 1.29 is 13.3 Å². The van der Waals surface area contributed by atoms with E-state index < -0.39 is 20.6 Å². The van der Waals surface area contributed by atoms with Crippen LogP contribution < -0.4 is 10.0 Å². The van der Waals surface area contributed by atoms with Crippen LogP contribution in [0.1, 0.15) is 13.3 Å². The number of rotatable bonds is 4. The summed E-state index contributed by atoms with van der Waals surface area (Å²) in [7, 11) is -3.94. The van der Waals surface area contributed by atoms with Gasteiger partial charge in [0.1, 0.15) is 0 Å². The molecule has 2 rings (SSSR count). The van der Waals surface area contributed by atoms with Crippen LogP contribution in [0.15, 0.2) is 27.6 Å². The van der Waals surface area contributed by atoms with E-state index >= 15 is 0 Å². The molecule has 1 aromatic rings. The number of piperidine rings is 1. The zero-order valence-electron chi connectivity index (χ0n) is 11.4. The van der Waals surface area contributed by atoms with Gasteiger partial charge in [0.25, 0.3) is 5.69 Å². The smallest absolute Gasteiger partial charge is 0.290 e. The number of hydrogen-bond acceptors (Lipinski definition) is 5. The molecule has 116 valence electrons. The van der Waals surface area contributed by atoms with E-state index in [4.69, 9.17) is 0 Å². The van der Waals surface area contributed by atoms with Gasteiger partial charge in [-0.1, -0.05) is 22.9 Å². The van der Waals surface area contributed by atoms with Crippen LogP contribution in [0, 0.1) is 16.0 Å². The fourth-order valence-electron chi connectivity index (χ4n) is 2.27. The molecule has 0 aromatic heterocycles. The van der Waals surface area contributed by atoms with E-state index in [-0.39, 0.29) is 16.9 Å². The lowest BCUT2D eigenvalue weighted by atomic mass is 9.96. The highest BCUT2D eigenvalue weighted by molar-refractivity contribution is 9.10. The average Bonchev–Trinajstić information content (AvgIpc) is 2.40. The zero-order valence-corrected chi connectivity index (χ0v) is 13.8. The first kappa shape index (κ1) is 16.3. The molecule has 9 heteroatoms. The van der Waals surface area contributed by atoms with Crippen LogP contribution in [-0.2, 0) is 10.0 Å². The molecule has 1 heterocycles. The summed E-state index contributed by atoms with van der Waals surface area (Å²) in [5.74, 6) is 0.176. The van der Waals surface area contributed by atoms with Crippen molar-refractivity contribution in [1.82, 2.24) is 10.0 Å². The van der Waals surface area contributed by atoms with Gasteiger partial charge in [0.05, 0.1) is 4.92 Å².